The van der Waals surface area contributed by atoms with Crippen LogP contribution in [0.15, 0.2) is 18.3 Å². The summed E-state index contributed by atoms with van der Waals surface area (Å²) in [4.78, 5) is 8.92. The molecule has 1 unspecified atom stereocenters. The van der Waals surface area contributed by atoms with E-state index in [2.05, 4.69) is 9.97 Å². The van der Waals surface area contributed by atoms with Crippen molar-refractivity contribution in [1.82, 2.24) is 14.5 Å². The normalized spacial score (nSPS) is 21.1. The highest BCUT2D eigenvalue weighted by Gasteiger charge is 2.35. The van der Waals surface area contributed by atoms with Gasteiger partial charge in [0.25, 0.3) is 0 Å². The van der Waals surface area contributed by atoms with Crippen molar-refractivity contribution in [3.63, 3.8) is 0 Å². The van der Waals surface area contributed by atoms with Crippen LogP contribution in [0.2, 0.25) is 0 Å². The Bertz CT molecular complexity index is 739. The molecule has 0 radical (unpaired) electrons. The first-order chi connectivity index (χ1) is 10.1. The van der Waals surface area contributed by atoms with Crippen molar-refractivity contribution < 1.29 is 13.2 Å². The summed E-state index contributed by atoms with van der Waals surface area (Å²) in [5, 5.41) is -0.519. The lowest BCUT2D eigenvalue weighted by atomic mass is 10.3. The van der Waals surface area contributed by atoms with Crippen LogP contribution in [0.3, 0.4) is 0 Å². The number of rotatable bonds is 5. The molecular formula is C14H19N3O3S. The first-order valence-electron chi connectivity index (χ1n) is 7.16. The van der Waals surface area contributed by atoms with Gasteiger partial charge in [0.1, 0.15) is 16.7 Å². The zero-order valence-electron chi connectivity index (χ0n) is 12.0. The van der Waals surface area contributed by atoms with E-state index < -0.39 is 15.2 Å². The van der Waals surface area contributed by atoms with Crippen LogP contribution >= 0.6 is 0 Å². The summed E-state index contributed by atoms with van der Waals surface area (Å²) in [6.07, 6.45) is 4.53. The minimum atomic E-state index is -3.10. The van der Waals surface area contributed by atoms with Crippen molar-refractivity contribution in [3.8, 4) is 0 Å². The van der Waals surface area contributed by atoms with Gasteiger partial charge in [-0.05, 0) is 31.4 Å². The molecule has 0 saturated carbocycles. The number of hydrogen-bond acceptors (Lipinski definition) is 5. The first kappa shape index (κ1) is 14.5. The Kier molecular flexibility index (Phi) is 3.95. The van der Waals surface area contributed by atoms with Crippen molar-refractivity contribution in [2.75, 3.05) is 19.5 Å². The van der Waals surface area contributed by atoms with Gasteiger partial charge in [0.15, 0.2) is 15.5 Å². The number of nitrogens with zero attached hydrogens (tertiary/aromatic N) is 3. The van der Waals surface area contributed by atoms with Crippen LogP contribution < -0.4 is 0 Å². The number of aryl methyl sites for hydroxylation is 1. The lowest BCUT2D eigenvalue weighted by molar-refractivity contribution is 0.194. The van der Waals surface area contributed by atoms with Gasteiger partial charge in [0, 0.05) is 26.3 Å². The lowest BCUT2D eigenvalue weighted by Gasteiger charge is -2.15. The molecule has 0 N–H and O–H groups in total. The fourth-order valence-corrected chi connectivity index (χ4v) is 4.80. The summed E-state index contributed by atoms with van der Waals surface area (Å²) in [6.45, 7) is 0.633. The molecule has 2 aromatic heterocycles. The fraction of sp³-hybridized carbons (Fsp3) is 0.571. The van der Waals surface area contributed by atoms with Gasteiger partial charge in [-0.25, -0.2) is 18.4 Å². The third-order valence-corrected chi connectivity index (χ3v) is 5.99. The average Bonchev–Trinajstić information content (AvgIpc) is 2.98. The molecule has 0 aromatic carbocycles. The summed E-state index contributed by atoms with van der Waals surface area (Å²) in [5.41, 5.74) is 1.42. The third-order valence-electron chi connectivity index (χ3n) is 3.85. The molecule has 3 heterocycles. The van der Waals surface area contributed by atoms with E-state index in [4.69, 9.17) is 4.74 Å². The fourth-order valence-electron chi connectivity index (χ4n) is 2.89. The minimum Gasteiger partial charge on any atom is -0.385 e. The van der Waals surface area contributed by atoms with Crippen LogP contribution in [-0.2, 0) is 21.0 Å². The van der Waals surface area contributed by atoms with Crippen molar-refractivity contribution in [1.29, 1.82) is 0 Å². The second-order valence-corrected chi connectivity index (χ2v) is 7.58. The summed E-state index contributed by atoms with van der Waals surface area (Å²) < 4.78 is 31.5. The van der Waals surface area contributed by atoms with Crippen molar-refractivity contribution in [2.24, 2.45) is 0 Å². The molecule has 3 rings (SSSR count). The van der Waals surface area contributed by atoms with E-state index in [1.165, 1.54) is 0 Å². The van der Waals surface area contributed by atoms with Gasteiger partial charge in [-0.2, -0.15) is 0 Å². The monoisotopic (exact) mass is 309 g/mol. The van der Waals surface area contributed by atoms with Crippen LogP contribution in [0, 0.1) is 0 Å². The highest BCUT2D eigenvalue weighted by molar-refractivity contribution is 7.91. The lowest BCUT2D eigenvalue weighted by Crippen LogP contribution is -2.18. The Morgan fingerprint density at radius 2 is 2.33 bits per heavy atom. The number of ether oxygens (including phenoxy) is 1. The highest BCUT2D eigenvalue weighted by Crippen LogP contribution is 2.33. The van der Waals surface area contributed by atoms with Crippen molar-refractivity contribution in [2.45, 2.75) is 31.1 Å². The number of methoxy groups -OCH3 is 1. The molecule has 0 spiro atoms. The maximum Gasteiger partial charge on any atom is 0.171 e. The van der Waals surface area contributed by atoms with E-state index >= 15 is 0 Å². The van der Waals surface area contributed by atoms with E-state index in [9.17, 15) is 8.42 Å². The molecule has 2 aromatic rings. The number of aromatic nitrogens is 3. The SMILES string of the molecule is COCCCc1nc2cccnc2n1C1CCCS1(=O)=O. The Hall–Kier alpha value is -1.47. The maximum absolute atomic E-state index is 12.3. The summed E-state index contributed by atoms with van der Waals surface area (Å²) in [5.74, 6) is 1.04. The zero-order chi connectivity index (χ0) is 14.9. The maximum atomic E-state index is 12.3. The third kappa shape index (κ3) is 2.67. The van der Waals surface area contributed by atoms with Gasteiger partial charge in [-0.15, -0.1) is 0 Å². The van der Waals surface area contributed by atoms with Gasteiger partial charge in [-0.3, -0.25) is 4.57 Å². The van der Waals surface area contributed by atoms with Crippen LogP contribution in [0.1, 0.15) is 30.5 Å². The Balaban J connectivity index is 2.07. The molecule has 0 bridgehead atoms. The molecule has 1 atom stereocenters. The second-order valence-electron chi connectivity index (χ2n) is 5.30. The number of fused-ring (bicyclic) bond motifs is 1. The van der Waals surface area contributed by atoms with Crippen LogP contribution in [0.5, 0.6) is 0 Å². The van der Waals surface area contributed by atoms with Crippen LogP contribution in [0.25, 0.3) is 11.2 Å². The van der Waals surface area contributed by atoms with Crippen molar-refractivity contribution in [3.05, 3.63) is 24.2 Å². The predicted octanol–water partition coefficient (Wildman–Crippen LogP) is 1.72. The largest absolute Gasteiger partial charge is 0.385 e. The van der Waals surface area contributed by atoms with Gasteiger partial charge < -0.3 is 4.74 Å². The summed E-state index contributed by atoms with van der Waals surface area (Å²) >= 11 is 0. The average molecular weight is 309 g/mol. The molecule has 0 aliphatic carbocycles. The molecule has 1 aliphatic rings. The van der Waals surface area contributed by atoms with Crippen LogP contribution in [-0.4, -0.2) is 42.4 Å². The predicted molar refractivity (Wildman–Crippen MR) is 79.8 cm³/mol. The van der Waals surface area contributed by atoms with Crippen LogP contribution in [0.4, 0.5) is 0 Å². The number of pyridine rings is 1. The molecule has 1 saturated heterocycles. The van der Waals surface area contributed by atoms with Gasteiger partial charge >= 0.3 is 0 Å². The van der Waals surface area contributed by atoms with Gasteiger partial charge in [0.2, 0.25) is 0 Å². The number of hydrogen-bond donors (Lipinski definition) is 0. The molecule has 6 nitrogen and oxygen atoms in total. The van der Waals surface area contributed by atoms with Gasteiger partial charge in [-0.1, -0.05) is 0 Å². The van der Waals surface area contributed by atoms with Crippen molar-refractivity contribution >= 4 is 21.0 Å². The van der Waals surface area contributed by atoms with E-state index in [-0.39, 0.29) is 5.75 Å². The number of sulfone groups is 1. The van der Waals surface area contributed by atoms with Gasteiger partial charge in [0.05, 0.1) is 5.75 Å². The molecule has 21 heavy (non-hydrogen) atoms. The number of imidazole rings is 1. The van der Waals surface area contributed by atoms with E-state index in [1.807, 2.05) is 16.7 Å². The molecule has 1 fully saturated rings. The first-order valence-corrected chi connectivity index (χ1v) is 8.87. The Labute approximate surface area is 124 Å². The van der Waals surface area contributed by atoms with E-state index in [0.29, 0.717) is 31.5 Å². The standard InChI is InChI=1S/C14H19N3O3S/c1-20-9-3-6-12-16-11-5-2-8-15-14(11)17(12)13-7-4-10-21(13,18)19/h2,5,8,13H,3-4,6-7,9-10H2,1H3. The topological polar surface area (TPSA) is 74.1 Å². The minimum absolute atomic E-state index is 0.252. The zero-order valence-corrected chi connectivity index (χ0v) is 12.8. The molecule has 0 amide bonds. The molecule has 7 heteroatoms. The highest BCUT2D eigenvalue weighted by atomic mass is 32.2. The molecule has 114 valence electrons. The molecule has 1 aliphatic heterocycles. The quantitative estimate of drug-likeness (QED) is 0.786. The summed E-state index contributed by atoms with van der Waals surface area (Å²) in [6, 6.07) is 3.70. The Morgan fingerprint density at radius 3 is 3.05 bits per heavy atom. The second kappa shape index (κ2) is 5.73. The van der Waals surface area contributed by atoms with E-state index in [1.54, 1.807) is 13.3 Å². The Morgan fingerprint density at radius 1 is 1.48 bits per heavy atom. The summed E-state index contributed by atoms with van der Waals surface area (Å²) in [7, 11) is -1.44. The molecular weight excluding hydrogens is 290 g/mol. The van der Waals surface area contributed by atoms with E-state index in [0.717, 1.165) is 17.8 Å². The smallest absolute Gasteiger partial charge is 0.171 e.